The number of H-pyrrole nitrogens is 1. The molecule has 2 heterocycles. The average Bonchev–Trinajstić information content (AvgIpc) is 3.78. The third-order valence-electron chi connectivity index (χ3n) is 8.14. The van der Waals surface area contributed by atoms with Gasteiger partial charge in [0, 0.05) is 42.6 Å². The maximum atomic E-state index is 14.3. The second-order valence-corrected chi connectivity index (χ2v) is 12.7. The Balaban J connectivity index is 1.43. The maximum Gasteiger partial charge on any atom is 0.426 e. The molecule has 0 saturated heterocycles. The third kappa shape index (κ3) is 8.94. The van der Waals surface area contributed by atoms with E-state index in [1.807, 2.05) is 90.7 Å². The molecule has 12 nitrogen and oxygen atoms in total. The summed E-state index contributed by atoms with van der Waals surface area (Å²) >= 11 is 1.59. The number of hydrogen-bond acceptors (Lipinski definition) is 7. The second-order valence-electron chi connectivity index (χ2n) is 11.9. The number of carbonyl (C=O) groups excluding carboxylic acids is 4. The molecule has 5 N–H and O–H groups in total. The normalized spacial score (nSPS) is 12.1. The Morgan fingerprint density at radius 3 is 2.28 bits per heavy atom. The molecule has 2 atom stereocenters. The molecule has 13 heteroatoms. The minimum absolute atomic E-state index is 0.0181. The lowest BCUT2D eigenvalue weighted by Gasteiger charge is -2.29. The Morgan fingerprint density at radius 1 is 0.880 bits per heavy atom. The van der Waals surface area contributed by atoms with E-state index in [4.69, 9.17) is 5.11 Å². The van der Waals surface area contributed by atoms with Gasteiger partial charge in [-0.3, -0.25) is 19.8 Å². The van der Waals surface area contributed by atoms with E-state index in [-0.39, 0.29) is 18.7 Å². The van der Waals surface area contributed by atoms with E-state index in [2.05, 4.69) is 20.5 Å². The molecule has 3 aromatic carbocycles. The average molecular weight is 696 g/mol. The van der Waals surface area contributed by atoms with Crippen LogP contribution in [0.2, 0.25) is 0 Å². The van der Waals surface area contributed by atoms with Crippen molar-refractivity contribution in [3.63, 3.8) is 0 Å². The summed E-state index contributed by atoms with van der Waals surface area (Å²) in [5, 5.41) is 16.5. The molecule has 0 saturated carbocycles. The summed E-state index contributed by atoms with van der Waals surface area (Å²) < 4.78 is 4.53. The molecule has 5 rings (SSSR count). The van der Waals surface area contributed by atoms with Gasteiger partial charge < -0.3 is 25.0 Å². The number of amides is 4. The third-order valence-corrected chi connectivity index (χ3v) is 8.83. The van der Waals surface area contributed by atoms with Gasteiger partial charge >= 0.3 is 12.1 Å². The number of aliphatic carboxylic acids is 1. The Kier molecular flexibility index (Phi) is 11.3. The number of carboxylic acid groups (broad SMARTS) is 1. The number of fused-ring (bicyclic) bond motifs is 1. The summed E-state index contributed by atoms with van der Waals surface area (Å²) in [6.45, 7) is 2.87. The number of ether oxygens (including phenoxy) is 1. The summed E-state index contributed by atoms with van der Waals surface area (Å²) in [5.41, 5.74) is 10.9. The monoisotopic (exact) mass is 695 g/mol. The molecular weight excluding hydrogens is 659 g/mol. The first-order chi connectivity index (χ1) is 24.0. The van der Waals surface area contributed by atoms with Crippen LogP contribution in [-0.2, 0) is 32.0 Å². The van der Waals surface area contributed by atoms with Crippen LogP contribution in [0.15, 0.2) is 89.8 Å². The fourth-order valence-electron chi connectivity index (χ4n) is 5.69. The summed E-state index contributed by atoms with van der Waals surface area (Å²) in [6, 6.07) is 20.4. The summed E-state index contributed by atoms with van der Waals surface area (Å²) in [6.07, 6.45) is 0.697. The van der Waals surface area contributed by atoms with Gasteiger partial charge in [0.1, 0.15) is 12.1 Å². The van der Waals surface area contributed by atoms with Crippen molar-refractivity contribution < 1.29 is 33.8 Å². The highest BCUT2D eigenvalue weighted by atomic mass is 32.1. The van der Waals surface area contributed by atoms with Gasteiger partial charge in [-0.25, -0.2) is 15.0 Å². The smallest absolute Gasteiger partial charge is 0.426 e. The number of nitrogens with zero attached hydrogens (tertiary/aromatic N) is 1. The Labute approximate surface area is 292 Å². The van der Waals surface area contributed by atoms with Gasteiger partial charge in [0.05, 0.1) is 0 Å². The first kappa shape index (κ1) is 35.4. The number of hydrogen-bond donors (Lipinski definition) is 5. The number of thiophene rings is 1. The predicted molar refractivity (Wildman–Crippen MR) is 189 cm³/mol. The van der Waals surface area contributed by atoms with Crippen LogP contribution < -0.4 is 16.2 Å². The molecule has 0 unspecified atom stereocenters. The molecule has 258 valence electrons. The van der Waals surface area contributed by atoms with Crippen LogP contribution in [0.25, 0.3) is 22.0 Å². The largest absolute Gasteiger partial charge is 0.479 e. The van der Waals surface area contributed by atoms with Crippen LogP contribution in [0.5, 0.6) is 0 Å². The fourth-order valence-corrected chi connectivity index (χ4v) is 6.36. The summed E-state index contributed by atoms with van der Waals surface area (Å²) in [7, 11) is 1.55. The number of aromatic nitrogens is 1. The number of likely N-dealkylation sites (N-methyl/N-ethyl adjacent to an activating group) is 1. The molecular formula is C37H37N5O7S. The maximum absolute atomic E-state index is 14.3. The molecule has 0 aliphatic heterocycles. The molecule has 0 bridgehead atoms. The zero-order valence-corrected chi connectivity index (χ0v) is 28.5. The van der Waals surface area contributed by atoms with Gasteiger partial charge in [-0.05, 0) is 71.1 Å². The van der Waals surface area contributed by atoms with Crippen molar-refractivity contribution in [2.24, 2.45) is 0 Å². The van der Waals surface area contributed by atoms with E-state index in [1.54, 1.807) is 36.7 Å². The molecule has 0 fully saturated rings. The Morgan fingerprint density at radius 2 is 1.60 bits per heavy atom. The highest BCUT2D eigenvalue weighted by Crippen LogP contribution is 2.24. The van der Waals surface area contributed by atoms with E-state index in [0.717, 1.165) is 44.3 Å². The van der Waals surface area contributed by atoms with Crippen LogP contribution in [-0.4, -0.2) is 70.5 Å². The van der Waals surface area contributed by atoms with E-state index in [0.29, 0.717) is 5.56 Å². The molecule has 5 aromatic rings. The van der Waals surface area contributed by atoms with Crippen molar-refractivity contribution in [2.75, 3.05) is 13.7 Å². The van der Waals surface area contributed by atoms with Gasteiger partial charge in [-0.15, -0.1) is 0 Å². The molecule has 50 heavy (non-hydrogen) atoms. The zero-order chi connectivity index (χ0) is 35.8. The van der Waals surface area contributed by atoms with Crippen LogP contribution >= 0.6 is 11.3 Å². The molecule has 0 aliphatic carbocycles. The molecule has 2 aromatic heterocycles. The molecule has 0 aliphatic rings. The fraction of sp³-hybridized carbons (Fsp3) is 0.216. The lowest BCUT2D eigenvalue weighted by atomic mass is 9.99. The van der Waals surface area contributed by atoms with Gasteiger partial charge in [-0.2, -0.15) is 11.3 Å². The van der Waals surface area contributed by atoms with E-state index in [1.165, 1.54) is 4.90 Å². The van der Waals surface area contributed by atoms with Crippen molar-refractivity contribution >= 4 is 52.0 Å². The minimum Gasteiger partial charge on any atom is -0.479 e. The number of carbonyl (C=O) groups is 5. The van der Waals surface area contributed by atoms with Crippen molar-refractivity contribution in [2.45, 2.75) is 38.8 Å². The van der Waals surface area contributed by atoms with Gasteiger partial charge in [-0.1, -0.05) is 59.7 Å². The minimum atomic E-state index is -1.37. The van der Waals surface area contributed by atoms with E-state index >= 15 is 0 Å². The number of aromatic amines is 1. The van der Waals surface area contributed by atoms with Gasteiger partial charge in [0.2, 0.25) is 5.91 Å². The van der Waals surface area contributed by atoms with Crippen LogP contribution in [0.4, 0.5) is 4.79 Å². The van der Waals surface area contributed by atoms with E-state index < -0.39 is 42.6 Å². The van der Waals surface area contributed by atoms with Gasteiger partial charge in [0.25, 0.3) is 11.8 Å². The standard InChI is InChI=1S/C37H37N5O7S/c1-22-14-23(2)16-27(15-22)36(47)42(3)32(17-24-8-10-25(11-9-24)26-12-13-50-21-26)35(46)39-31(34(45)40-41-37(48)49-20-33(43)44)18-28-19-38-30-7-5-4-6-29(28)30/h4-16,19,21,31-32,38H,17-18,20H2,1-3H3,(H,39,46)(H,40,45)(H,41,48)(H,43,44)/t31-,32+/m0/s1. The Bertz CT molecular complexity index is 1990. The van der Waals surface area contributed by atoms with Crippen molar-refractivity contribution in [1.82, 2.24) is 26.1 Å². The van der Waals surface area contributed by atoms with E-state index in [9.17, 15) is 24.0 Å². The lowest BCUT2D eigenvalue weighted by molar-refractivity contribution is -0.140. The number of hydrazine groups is 1. The molecule has 0 radical (unpaired) electrons. The van der Waals surface area contributed by atoms with Crippen molar-refractivity contribution in [1.29, 1.82) is 0 Å². The van der Waals surface area contributed by atoms with Gasteiger partial charge in [0.15, 0.2) is 6.61 Å². The van der Waals surface area contributed by atoms with Crippen LogP contribution in [0, 0.1) is 13.8 Å². The number of carboxylic acids is 1. The van der Waals surface area contributed by atoms with Crippen molar-refractivity contribution in [3.8, 4) is 11.1 Å². The number of rotatable bonds is 12. The SMILES string of the molecule is Cc1cc(C)cc(C(=O)N(C)[C@H](Cc2ccc(-c3ccsc3)cc2)C(=O)N[C@@H](Cc2c[nH]c3ccccc23)C(=O)NNC(=O)OCC(=O)O)c1. The van der Waals surface area contributed by atoms with Crippen LogP contribution in [0.1, 0.15) is 32.6 Å². The molecule has 4 amide bonds. The Hall–Kier alpha value is -5.95. The van der Waals surface area contributed by atoms with Crippen molar-refractivity contribution in [3.05, 3.63) is 118 Å². The highest BCUT2D eigenvalue weighted by Gasteiger charge is 2.32. The first-order valence-corrected chi connectivity index (χ1v) is 16.7. The zero-order valence-electron chi connectivity index (χ0n) is 27.7. The second kappa shape index (κ2) is 16.0. The lowest BCUT2D eigenvalue weighted by Crippen LogP contribution is -2.57. The first-order valence-electron chi connectivity index (χ1n) is 15.7. The quantitative estimate of drug-likeness (QED) is 0.117. The predicted octanol–water partition coefficient (Wildman–Crippen LogP) is 4.77. The number of para-hydroxylation sites is 1. The highest BCUT2D eigenvalue weighted by molar-refractivity contribution is 7.08. The summed E-state index contributed by atoms with van der Waals surface area (Å²) in [5.74, 6) is -3.13. The topological polar surface area (TPSA) is 170 Å². The number of aryl methyl sites for hydroxylation is 2. The molecule has 0 spiro atoms. The summed E-state index contributed by atoms with van der Waals surface area (Å²) in [4.78, 5) is 68.9. The number of nitrogens with one attached hydrogen (secondary N) is 4. The number of benzene rings is 3. The van der Waals surface area contributed by atoms with Crippen LogP contribution in [0.3, 0.4) is 0 Å².